The van der Waals surface area contributed by atoms with Crippen molar-refractivity contribution in [3.05, 3.63) is 5.82 Å². The fourth-order valence-electron chi connectivity index (χ4n) is 1.63. The average molecular weight is 224 g/mol. The van der Waals surface area contributed by atoms with Gasteiger partial charge in [0.2, 0.25) is 5.82 Å². The van der Waals surface area contributed by atoms with E-state index in [0.717, 1.165) is 17.7 Å². The van der Waals surface area contributed by atoms with E-state index in [4.69, 9.17) is 0 Å². The summed E-state index contributed by atoms with van der Waals surface area (Å²) in [6.07, 6.45) is 0. The van der Waals surface area contributed by atoms with Crippen LogP contribution < -0.4 is 14.4 Å². The van der Waals surface area contributed by atoms with Gasteiger partial charge in [-0.1, -0.05) is 9.97 Å². The first-order valence-electron chi connectivity index (χ1n) is 5.49. The van der Waals surface area contributed by atoms with Crippen LogP contribution in [-0.4, -0.2) is 38.2 Å². The van der Waals surface area contributed by atoms with Crippen LogP contribution in [-0.2, 0) is 0 Å². The first-order chi connectivity index (χ1) is 7.34. The van der Waals surface area contributed by atoms with E-state index in [9.17, 15) is 0 Å². The van der Waals surface area contributed by atoms with Gasteiger partial charge in [-0.15, -0.1) is 0 Å². The van der Waals surface area contributed by atoms with Crippen LogP contribution in [0.3, 0.4) is 0 Å². The molecule has 0 aliphatic rings. The Labute approximate surface area is 97.7 Å². The quantitative estimate of drug-likeness (QED) is 0.711. The molecule has 1 aromatic rings. The molecule has 0 saturated carbocycles. The Bertz CT molecular complexity index is 371. The second-order valence-electron chi connectivity index (χ2n) is 4.62. The molecule has 1 rings (SSSR count). The third kappa shape index (κ3) is 2.40. The van der Waals surface area contributed by atoms with Gasteiger partial charge < -0.3 is 4.90 Å². The van der Waals surface area contributed by atoms with Crippen LogP contribution in [0.5, 0.6) is 0 Å². The average Bonchev–Trinajstić information content (AvgIpc) is 2.15. The summed E-state index contributed by atoms with van der Waals surface area (Å²) in [6.45, 7) is 6.29. The van der Waals surface area contributed by atoms with Crippen molar-refractivity contribution in [2.75, 3.05) is 38.0 Å². The highest BCUT2D eigenvalue weighted by atomic mass is 15.4. The van der Waals surface area contributed by atoms with Crippen LogP contribution in [0.4, 0.5) is 11.9 Å². The molecule has 5 heteroatoms. The summed E-state index contributed by atoms with van der Waals surface area (Å²) in [5.74, 6) is 2.67. The molecule has 0 spiro atoms. The van der Waals surface area contributed by atoms with Gasteiger partial charge in [-0.3, -0.25) is 4.90 Å². The van der Waals surface area contributed by atoms with Gasteiger partial charge in [-0.05, 0) is 13.8 Å². The van der Waals surface area contributed by atoms with Crippen LogP contribution in [0, 0.1) is 6.92 Å². The van der Waals surface area contributed by atoms with Crippen molar-refractivity contribution in [3.63, 3.8) is 0 Å². The van der Waals surface area contributed by atoms with Gasteiger partial charge in [-0.2, -0.15) is 0 Å². The smallest absolute Gasteiger partial charge is 0.326 e. The van der Waals surface area contributed by atoms with E-state index in [2.05, 4.69) is 28.4 Å². The normalized spacial score (nSPS) is 10.8. The van der Waals surface area contributed by atoms with Crippen molar-refractivity contribution >= 4 is 11.9 Å². The zero-order valence-corrected chi connectivity index (χ0v) is 11.3. The Morgan fingerprint density at radius 1 is 1.00 bits per heavy atom. The zero-order valence-electron chi connectivity index (χ0n) is 11.3. The molecule has 16 heavy (non-hydrogen) atoms. The lowest BCUT2D eigenvalue weighted by molar-refractivity contribution is -0.714. The molecule has 0 saturated heterocycles. The zero-order chi connectivity index (χ0) is 12.5. The largest absolute Gasteiger partial charge is 0.353 e. The van der Waals surface area contributed by atoms with Crippen molar-refractivity contribution in [3.8, 4) is 0 Å². The van der Waals surface area contributed by atoms with Crippen molar-refractivity contribution in [1.82, 2.24) is 9.97 Å². The van der Waals surface area contributed by atoms with E-state index >= 15 is 0 Å². The number of rotatable bonds is 3. The summed E-state index contributed by atoms with van der Waals surface area (Å²) >= 11 is 0. The summed E-state index contributed by atoms with van der Waals surface area (Å²) in [7, 11) is 7.90. The Morgan fingerprint density at radius 2 is 1.56 bits per heavy atom. The Kier molecular flexibility index (Phi) is 3.67. The van der Waals surface area contributed by atoms with Gasteiger partial charge in [0.05, 0.1) is 6.04 Å². The number of nitrogens with zero attached hydrogens (tertiary/aromatic N) is 5. The summed E-state index contributed by atoms with van der Waals surface area (Å²) in [5, 5.41) is 0. The number of hydrogen-bond acceptors (Lipinski definition) is 4. The Morgan fingerprint density at radius 3 is 1.94 bits per heavy atom. The van der Waals surface area contributed by atoms with Crippen molar-refractivity contribution in [1.29, 1.82) is 0 Å². The van der Waals surface area contributed by atoms with E-state index in [1.807, 2.05) is 44.9 Å². The van der Waals surface area contributed by atoms with E-state index in [0.29, 0.717) is 6.04 Å². The molecule has 1 aromatic heterocycles. The first kappa shape index (κ1) is 12.7. The highest BCUT2D eigenvalue weighted by molar-refractivity contribution is 5.32. The van der Waals surface area contributed by atoms with E-state index in [1.54, 1.807) is 0 Å². The summed E-state index contributed by atoms with van der Waals surface area (Å²) in [6, 6.07) is 0.355. The maximum Gasteiger partial charge on any atom is 0.353 e. The standard InChI is InChI=1S/C11H22N5/c1-8(2)16-9(3)12-10(14(4)5)13-11(16)15(6)7/h8H,1-7H3/q+1. The summed E-state index contributed by atoms with van der Waals surface area (Å²) in [5.41, 5.74) is 0. The van der Waals surface area contributed by atoms with Crippen molar-refractivity contribution in [2.24, 2.45) is 0 Å². The van der Waals surface area contributed by atoms with E-state index in [-0.39, 0.29) is 0 Å². The van der Waals surface area contributed by atoms with Crippen molar-refractivity contribution in [2.45, 2.75) is 26.8 Å². The van der Waals surface area contributed by atoms with Crippen molar-refractivity contribution < 1.29 is 4.57 Å². The van der Waals surface area contributed by atoms with Gasteiger partial charge in [0.25, 0.3) is 0 Å². The SMILES string of the molecule is Cc1nc(N(C)C)nc(N(C)C)[n+]1C(C)C. The van der Waals surface area contributed by atoms with Gasteiger partial charge in [-0.25, -0.2) is 4.57 Å². The third-order valence-electron chi connectivity index (χ3n) is 2.34. The van der Waals surface area contributed by atoms with Crippen LogP contribution >= 0.6 is 0 Å². The second-order valence-corrected chi connectivity index (χ2v) is 4.62. The maximum atomic E-state index is 4.56. The highest BCUT2D eigenvalue weighted by Crippen LogP contribution is 2.11. The van der Waals surface area contributed by atoms with Gasteiger partial charge >= 0.3 is 11.9 Å². The van der Waals surface area contributed by atoms with E-state index in [1.165, 1.54) is 0 Å². The molecule has 0 aliphatic heterocycles. The van der Waals surface area contributed by atoms with Gasteiger partial charge in [0.1, 0.15) is 0 Å². The lowest BCUT2D eigenvalue weighted by atomic mass is 10.3. The minimum absolute atomic E-state index is 0.355. The van der Waals surface area contributed by atoms with Gasteiger partial charge in [0, 0.05) is 35.1 Å². The number of aromatic nitrogens is 3. The molecule has 0 radical (unpaired) electrons. The Hall–Kier alpha value is -1.39. The molecule has 1 heterocycles. The van der Waals surface area contributed by atoms with Crippen LogP contribution in [0.2, 0.25) is 0 Å². The molecule has 0 aromatic carbocycles. The molecular formula is C11H22N5+. The second kappa shape index (κ2) is 4.63. The molecule has 0 fully saturated rings. The third-order valence-corrected chi connectivity index (χ3v) is 2.34. The topological polar surface area (TPSA) is 36.1 Å². The molecule has 0 aliphatic carbocycles. The molecule has 0 unspecified atom stereocenters. The fraction of sp³-hybridized carbons (Fsp3) is 0.727. The minimum atomic E-state index is 0.355. The molecule has 0 atom stereocenters. The molecule has 90 valence electrons. The van der Waals surface area contributed by atoms with Crippen LogP contribution in [0.15, 0.2) is 0 Å². The van der Waals surface area contributed by atoms with Gasteiger partial charge in [0.15, 0.2) is 0 Å². The summed E-state index contributed by atoms with van der Waals surface area (Å²) < 4.78 is 2.13. The predicted octanol–water partition coefficient (Wildman–Crippen LogP) is 0.785. The monoisotopic (exact) mass is 224 g/mol. The molecule has 0 N–H and O–H groups in total. The lowest BCUT2D eigenvalue weighted by Gasteiger charge is -2.17. The fourth-order valence-corrected chi connectivity index (χ4v) is 1.63. The molecular weight excluding hydrogens is 202 g/mol. The van der Waals surface area contributed by atoms with Crippen LogP contribution in [0.25, 0.3) is 0 Å². The lowest BCUT2D eigenvalue weighted by Crippen LogP contribution is -2.46. The van der Waals surface area contributed by atoms with Crippen LogP contribution in [0.1, 0.15) is 25.7 Å². The number of hydrogen-bond donors (Lipinski definition) is 0. The molecule has 0 bridgehead atoms. The number of aryl methyl sites for hydroxylation is 1. The Balaban J connectivity index is 3.39. The molecule has 0 amide bonds. The summed E-state index contributed by atoms with van der Waals surface area (Å²) in [4.78, 5) is 13.0. The first-order valence-corrected chi connectivity index (χ1v) is 5.49. The number of anilines is 2. The molecule has 5 nitrogen and oxygen atoms in total. The maximum absolute atomic E-state index is 4.56. The van der Waals surface area contributed by atoms with E-state index < -0.39 is 0 Å². The minimum Gasteiger partial charge on any atom is -0.326 e. The highest BCUT2D eigenvalue weighted by Gasteiger charge is 2.22. The predicted molar refractivity (Wildman–Crippen MR) is 66.0 cm³/mol.